The molecule has 0 unspecified atom stereocenters. The van der Waals surface area contributed by atoms with Crippen LogP contribution in [0.3, 0.4) is 0 Å². The van der Waals surface area contributed by atoms with Crippen molar-refractivity contribution in [2.24, 2.45) is 9.98 Å². The van der Waals surface area contributed by atoms with Crippen LogP contribution in [0.4, 0.5) is 27.6 Å². The molecule has 0 aliphatic rings. The van der Waals surface area contributed by atoms with E-state index >= 15 is 0 Å². The van der Waals surface area contributed by atoms with E-state index in [0.29, 0.717) is 63.2 Å². The van der Waals surface area contributed by atoms with Gasteiger partial charge < -0.3 is 33.4 Å². The highest BCUT2D eigenvalue weighted by Crippen LogP contribution is 2.17. The number of imidazole rings is 1. The summed E-state index contributed by atoms with van der Waals surface area (Å²) in [4.78, 5) is 55.6. The van der Waals surface area contributed by atoms with Gasteiger partial charge in [0.05, 0.1) is 6.61 Å². The Kier molecular flexibility index (Phi) is 18.5. The smallest absolute Gasteiger partial charge is 0.473 e. The standard InChI is InChI=1S/C39H59F3N8O8/c1-36(2,3)56-33(52)45-29(43)27-17-19-28(20-18-27)55-26-16-15-23-50-25-24-49(32(50)46-30(51)39(40,41)42)22-14-12-10-11-13-21-44-31(47-34(53)57-37(4,5)6)48-35(54)58-38(7,8)9/h17-20,24-25H,10-16,21-23,26H2,1-9H3,(H2,43,45,52)(H2,44,47,48,53,54)/b46-32+. The number of aliphatic imine (C=N–C) groups is 1. The maximum Gasteiger partial charge on any atom is 0.473 e. The average Bonchev–Trinajstić information content (AvgIpc) is 3.43. The van der Waals surface area contributed by atoms with Crippen LogP contribution < -0.4 is 26.3 Å². The third-order valence-electron chi connectivity index (χ3n) is 7.30. The van der Waals surface area contributed by atoms with Crippen LogP contribution in [0, 0.1) is 5.41 Å². The van der Waals surface area contributed by atoms with Gasteiger partial charge in [0.1, 0.15) is 28.4 Å². The van der Waals surface area contributed by atoms with Gasteiger partial charge in [-0.1, -0.05) is 19.3 Å². The summed E-state index contributed by atoms with van der Waals surface area (Å²) in [5.74, 6) is -1.90. The number of carbonyl (C=O) groups excluding carboxylic acids is 4. The van der Waals surface area contributed by atoms with Gasteiger partial charge in [-0.2, -0.15) is 18.2 Å². The lowest BCUT2D eigenvalue weighted by Crippen LogP contribution is -2.44. The second kappa shape index (κ2) is 22.0. The number of alkyl carbamates (subject to hydrolysis) is 2. The van der Waals surface area contributed by atoms with Crippen LogP contribution in [0.2, 0.25) is 0 Å². The number of nitrogens with zero attached hydrogens (tertiary/aromatic N) is 4. The Balaban J connectivity index is 1.88. The normalized spacial score (nSPS) is 12.8. The molecule has 0 aliphatic heterocycles. The van der Waals surface area contributed by atoms with Crippen LogP contribution in [0.25, 0.3) is 0 Å². The number of hydrogen-bond donors (Lipinski definition) is 4. The summed E-state index contributed by atoms with van der Waals surface area (Å²) in [6, 6.07) is 6.54. The van der Waals surface area contributed by atoms with Crippen LogP contribution in [0.1, 0.15) is 113 Å². The molecule has 19 heteroatoms. The molecule has 58 heavy (non-hydrogen) atoms. The van der Waals surface area contributed by atoms with Gasteiger partial charge in [0.15, 0.2) is 0 Å². The molecule has 2 aromatic rings. The van der Waals surface area contributed by atoms with Crippen LogP contribution in [0.15, 0.2) is 46.6 Å². The minimum atomic E-state index is -5.12. The number of guanidine groups is 1. The number of rotatable bonds is 15. The number of ether oxygens (including phenoxy) is 4. The Morgan fingerprint density at radius 2 is 1.19 bits per heavy atom. The fourth-order valence-electron chi connectivity index (χ4n) is 4.89. The first-order valence-electron chi connectivity index (χ1n) is 19.1. The zero-order chi connectivity index (χ0) is 43.7. The van der Waals surface area contributed by atoms with Gasteiger partial charge in [-0.3, -0.25) is 20.8 Å². The molecule has 0 saturated carbocycles. The number of carbonyl (C=O) groups is 4. The van der Waals surface area contributed by atoms with Crippen LogP contribution in [-0.2, 0) is 32.1 Å². The van der Waals surface area contributed by atoms with Gasteiger partial charge in [0, 0.05) is 37.6 Å². The van der Waals surface area contributed by atoms with Crippen molar-refractivity contribution in [3.63, 3.8) is 0 Å². The Hall–Kier alpha value is -5.36. The highest BCUT2D eigenvalue weighted by atomic mass is 19.4. The zero-order valence-corrected chi connectivity index (χ0v) is 34.9. The van der Waals surface area contributed by atoms with Crippen molar-refractivity contribution in [2.75, 3.05) is 13.2 Å². The topological polar surface area (TPSA) is 200 Å². The van der Waals surface area contributed by atoms with Gasteiger partial charge in [0.2, 0.25) is 11.6 Å². The Morgan fingerprint density at radius 1 is 0.690 bits per heavy atom. The summed E-state index contributed by atoms with van der Waals surface area (Å²) in [6.45, 7) is 16.6. The fraction of sp³-hybridized carbons (Fsp3) is 0.615. The van der Waals surface area contributed by atoms with Gasteiger partial charge in [-0.25, -0.2) is 14.4 Å². The number of aryl methyl sites for hydroxylation is 2. The van der Waals surface area contributed by atoms with E-state index in [-0.39, 0.29) is 17.4 Å². The molecule has 324 valence electrons. The predicted molar refractivity (Wildman–Crippen MR) is 211 cm³/mol. The number of unbranched alkanes of at least 4 members (excludes halogenated alkanes) is 5. The second-order valence-electron chi connectivity index (χ2n) is 16.2. The van der Waals surface area contributed by atoms with E-state index in [0.717, 1.165) is 19.3 Å². The molecule has 4 N–H and O–H groups in total. The maximum absolute atomic E-state index is 13.2. The molecule has 1 aromatic heterocycles. The van der Waals surface area contributed by atoms with Gasteiger partial charge in [0.25, 0.3) is 0 Å². The SMILES string of the molecule is CC(C)(C)OC(=O)/N=C(\NCCCCCCCn1ccn(CCCCOc2ccc(C(=N)NC(=O)OC(C)(C)C)cc2)/c1=N/C(=O)C(F)(F)F)NC(=O)OC(C)(C)C. The summed E-state index contributed by atoms with van der Waals surface area (Å²) < 4.78 is 64.0. The number of halogens is 3. The van der Waals surface area contributed by atoms with Crippen LogP contribution >= 0.6 is 0 Å². The largest absolute Gasteiger partial charge is 0.494 e. The first-order valence-corrected chi connectivity index (χ1v) is 19.1. The van der Waals surface area contributed by atoms with Crippen molar-refractivity contribution in [2.45, 2.75) is 143 Å². The van der Waals surface area contributed by atoms with E-state index in [1.54, 1.807) is 99.0 Å². The zero-order valence-electron chi connectivity index (χ0n) is 34.9. The third-order valence-corrected chi connectivity index (χ3v) is 7.30. The van der Waals surface area contributed by atoms with Crippen molar-refractivity contribution in [3.8, 4) is 5.75 Å². The van der Waals surface area contributed by atoms with Crippen molar-refractivity contribution in [1.29, 1.82) is 5.41 Å². The molecule has 0 aliphatic carbocycles. The first-order chi connectivity index (χ1) is 26.8. The van der Waals surface area contributed by atoms with Gasteiger partial charge in [-0.05, 0) is 112 Å². The lowest BCUT2D eigenvalue weighted by atomic mass is 10.1. The molecule has 0 saturated heterocycles. The molecule has 16 nitrogen and oxygen atoms in total. The molecule has 0 radical (unpaired) electrons. The Bertz CT molecular complexity index is 1780. The maximum atomic E-state index is 13.2. The number of amidine groups is 1. The molecule has 4 amide bonds. The minimum absolute atomic E-state index is 0.0974. The third kappa shape index (κ3) is 20.7. The summed E-state index contributed by atoms with van der Waals surface area (Å²) >= 11 is 0. The van der Waals surface area contributed by atoms with E-state index in [2.05, 4.69) is 25.9 Å². The van der Waals surface area contributed by atoms with Crippen molar-refractivity contribution in [1.82, 2.24) is 25.1 Å². The predicted octanol–water partition coefficient (Wildman–Crippen LogP) is 7.34. The van der Waals surface area contributed by atoms with Crippen molar-refractivity contribution in [3.05, 3.63) is 47.8 Å². The second-order valence-corrected chi connectivity index (χ2v) is 16.2. The van der Waals surface area contributed by atoms with Crippen LogP contribution in [-0.4, -0.2) is 81.2 Å². The van der Waals surface area contributed by atoms with Crippen LogP contribution in [0.5, 0.6) is 5.75 Å². The monoisotopic (exact) mass is 824 g/mol. The summed E-state index contributed by atoms with van der Waals surface area (Å²) in [5, 5.41) is 15.8. The number of amides is 4. The summed E-state index contributed by atoms with van der Waals surface area (Å²) in [6.07, 6.45) is 0.269. The number of hydrogen-bond acceptors (Lipinski definition) is 9. The molecular formula is C39H59F3N8O8. The fourth-order valence-corrected chi connectivity index (χ4v) is 4.89. The molecule has 2 rings (SSSR count). The van der Waals surface area contributed by atoms with Crippen molar-refractivity contribution >= 4 is 36.0 Å². The van der Waals surface area contributed by atoms with Gasteiger partial charge in [-0.15, -0.1) is 4.99 Å². The number of nitrogens with one attached hydrogen (secondary N) is 4. The first kappa shape index (κ1) is 48.8. The molecule has 0 spiro atoms. The Morgan fingerprint density at radius 3 is 1.72 bits per heavy atom. The van der Waals surface area contributed by atoms with E-state index in [1.807, 2.05) is 0 Å². The highest BCUT2D eigenvalue weighted by molar-refractivity contribution is 6.04. The van der Waals surface area contributed by atoms with Crippen molar-refractivity contribution < 1.29 is 51.3 Å². The highest BCUT2D eigenvalue weighted by Gasteiger charge is 2.38. The molecule has 1 heterocycles. The summed E-state index contributed by atoms with van der Waals surface area (Å²) in [7, 11) is 0. The Labute approximate surface area is 337 Å². The van der Waals surface area contributed by atoms with E-state index in [4.69, 9.17) is 24.4 Å². The number of aromatic nitrogens is 2. The summed E-state index contributed by atoms with van der Waals surface area (Å²) in [5.41, 5.74) is -1.90. The van der Waals surface area contributed by atoms with E-state index in [9.17, 15) is 32.3 Å². The lowest BCUT2D eigenvalue weighted by Gasteiger charge is -2.21. The minimum Gasteiger partial charge on any atom is -0.494 e. The number of alkyl halides is 3. The molecule has 0 fully saturated rings. The molecule has 1 aromatic carbocycles. The number of benzene rings is 1. The van der Waals surface area contributed by atoms with E-state index < -0.39 is 47.2 Å². The lowest BCUT2D eigenvalue weighted by molar-refractivity contribution is -0.169. The molecular weight excluding hydrogens is 765 g/mol. The quantitative estimate of drug-likeness (QED) is 0.0614. The van der Waals surface area contributed by atoms with Gasteiger partial charge >= 0.3 is 30.4 Å². The van der Waals surface area contributed by atoms with E-state index in [1.165, 1.54) is 9.13 Å². The average molecular weight is 825 g/mol. The molecule has 0 bridgehead atoms. The molecule has 0 atom stereocenters.